The topological polar surface area (TPSA) is 21.3 Å². The van der Waals surface area contributed by atoms with Gasteiger partial charge in [-0.15, -0.1) is 0 Å². The van der Waals surface area contributed by atoms with E-state index >= 15 is 0 Å². The molecule has 1 rings (SSSR count). The zero-order valence-electron chi connectivity index (χ0n) is 6.47. The minimum absolute atomic E-state index is 0.455. The highest BCUT2D eigenvalue weighted by atomic mass is 16.5. The van der Waals surface area contributed by atoms with Crippen LogP contribution in [-0.4, -0.2) is 25.8 Å². The van der Waals surface area contributed by atoms with E-state index in [1.54, 1.807) is 0 Å². The second-order valence-corrected chi connectivity index (χ2v) is 2.52. The van der Waals surface area contributed by atoms with Gasteiger partial charge in [-0.1, -0.05) is 12.2 Å². The third kappa shape index (κ3) is 2.50. The summed E-state index contributed by atoms with van der Waals surface area (Å²) in [6.45, 7) is 4.91. The predicted molar refractivity (Wildman–Crippen MR) is 42.0 cm³/mol. The van der Waals surface area contributed by atoms with Crippen molar-refractivity contribution >= 4 is 0 Å². The Labute approximate surface area is 62.3 Å². The van der Waals surface area contributed by atoms with E-state index in [0.717, 1.165) is 26.1 Å². The van der Waals surface area contributed by atoms with Crippen LogP contribution in [0.1, 0.15) is 13.3 Å². The first-order valence-electron chi connectivity index (χ1n) is 3.87. The van der Waals surface area contributed by atoms with Crippen LogP contribution in [-0.2, 0) is 4.74 Å². The summed E-state index contributed by atoms with van der Waals surface area (Å²) in [4.78, 5) is 0. The Kier molecular flexibility index (Phi) is 3.47. The highest BCUT2D eigenvalue weighted by Crippen LogP contribution is 2.01. The first-order chi connectivity index (χ1) is 4.93. The molecule has 2 heteroatoms. The smallest absolute Gasteiger partial charge is 0.0715 e. The van der Waals surface area contributed by atoms with Crippen molar-refractivity contribution in [2.24, 2.45) is 0 Å². The molecule has 0 aliphatic carbocycles. The Hall–Kier alpha value is -0.340. The van der Waals surface area contributed by atoms with Crippen molar-refractivity contribution in [3.05, 3.63) is 12.2 Å². The second kappa shape index (κ2) is 4.47. The zero-order valence-corrected chi connectivity index (χ0v) is 6.47. The van der Waals surface area contributed by atoms with Crippen molar-refractivity contribution in [2.75, 3.05) is 19.7 Å². The SMILES string of the molecule is C/C=C/COC1CCNC1. The van der Waals surface area contributed by atoms with Gasteiger partial charge in [0, 0.05) is 6.54 Å². The minimum atomic E-state index is 0.455. The number of rotatable bonds is 3. The number of allylic oxidation sites excluding steroid dienone is 1. The van der Waals surface area contributed by atoms with Gasteiger partial charge in [-0.3, -0.25) is 0 Å². The van der Waals surface area contributed by atoms with Crippen LogP contribution in [0.25, 0.3) is 0 Å². The van der Waals surface area contributed by atoms with E-state index in [0.29, 0.717) is 6.10 Å². The fourth-order valence-corrected chi connectivity index (χ4v) is 1.06. The summed E-state index contributed by atoms with van der Waals surface area (Å²) in [5.74, 6) is 0. The van der Waals surface area contributed by atoms with Gasteiger partial charge in [-0.2, -0.15) is 0 Å². The molecule has 0 spiro atoms. The average molecular weight is 141 g/mol. The monoisotopic (exact) mass is 141 g/mol. The Morgan fingerprint density at radius 1 is 1.70 bits per heavy atom. The minimum Gasteiger partial charge on any atom is -0.373 e. The molecule has 1 atom stereocenters. The Balaban J connectivity index is 2.01. The molecule has 2 nitrogen and oxygen atoms in total. The third-order valence-electron chi connectivity index (χ3n) is 1.68. The van der Waals surface area contributed by atoms with Gasteiger partial charge in [0.1, 0.15) is 0 Å². The van der Waals surface area contributed by atoms with Gasteiger partial charge in [0.2, 0.25) is 0 Å². The lowest BCUT2D eigenvalue weighted by Crippen LogP contribution is -2.16. The lowest BCUT2D eigenvalue weighted by atomic mass is 10.3. The van der Waals surface area contributed by atoms with Crippen LogP contribution >= 0.6 is 0 Å². The molecule has 1 heterocycles. The van der Waals surface area contributed by atoms with E-state index in [4.69, 9.17) is 4.74 Å². The Morgan fingerprint density at radius 2 is 2.60 bits per heavy atom. The standard InChI is InChI=1S/C8H15NO/c1-2-3-6-10-8-4-5-9-7-8/h2-3,8-9H,4-7H2,1H3/b3-2+. The third-order valence-corrected chi connectivity index (χ3v) is 1.68. The van der Waals surface area contributed by atoms with E-state index < -0.39 is 0 Å². The summed E-state index contributed by atoms with van der Waals surface area (Å²) in [5.41, 5.74) is 0. The molecule has 10 heavy (non-hydrogen) atoms. The van der Waals surface area contributed by atoms with Crippen LogP contribution in [0.15, 0.2) is 12.2 Å². The summed E-state index contributed by atoms with van der Waals surface area (Å²) >= 11 is 0. The molecular formula is C8H15NO. The van der Waals surface area contributed by atoms with Gasteiger partial charge < -0.3 is 10.1 Å². The van der Waals surface area contributed by atoms with Crippen molar-refractivity contribution in [3.8, 4) is 0 Å². The lowest BCUT2D eigenvalue weighted by molar-refractivity contribution is 0.0894. The van der Waals surface area contributed by atoms with Crippen molar-refractivity contribution in [1.29, 1.82) is 0 Å². The van der Waals surface area contributed by atoms with E-state index in [9.17, 15) is 0 Å². The molecule has 58 valence electrons. The molecule has 0 aromatic rings. The van der Waals surface area contributed by atoms with Gasteiger partial charge in [0.25, 0.3) is 0 Å². The second-order valence-electron chi connectivity index (χ2n) is 2.52. The zero-order chi connectivity index (χ0) is 7.23. The molecule has 0 aromatic carbocycles. The normalized spacial score (nSPS) is 26.3. The van der Waals surface area contributed by atoms with Crippen molar-refractivity contribution < 1.29 is 4.74 Å². The van der Waals surface area contributed by atoms with Gasteiger partial charge in [0.15, 0.2) is 0 Å². The molecule has 1 N–H and O–H groups in total. The quantitative estimate of drug-likeness (QED) is 0.591. The van der Waals surface area contributed by atoms with Crippen molar-refractivity contribution in [3.63, 3.8) is 0 Å². The van der Waals surface area contributed by atoms with Crippen LogP contribution in [0.4, 0.5) is 0 Å². The Morgan fingerprint density at radius 3 is 3.20 bits per heavy atom. The largest absolute Gasteiger partial charge is 0.373 e. The van der Waals surface area contributed by atoms with E-state index in [2.05, 4.69) is 5.32 Å². The highest BCUT2D eigenvalue weighted by Gasteiger charge is 2.12. The van der Waals surface area contributed by atoms with E-state index in [1.165, 1.54) is 0 Å². The van der Waals surface area contributed by atoms with E-state index in [-0.39, 0.29) is 0 Å². The first-order valence-corrected chi connectivity index (χ1v) is 3.87. The summed E-state index contributed by atoms with van der Waals surface area (Å²) < 4.78 is 5.49. The van der Waals surface area contributed by atoms with Crippen LogP contribution in [0.2, 0.25) is 0 Å². The van der Waals surface area contributed by atoms with Crippen molar-refractivity contribution in [2.45, 2.75) is 19.4 Å². The maximum atomic E-state index is 5.49. The summed E-state index contributed by atoms with van der Waals surface area (Å²) in [6, 6.07) is 0. The number of hydrogen-bond donors (Lipinski definition) is 1. The lowest BCUT2D eigenvalue weighted by Gasteiger charge is -2.06. The fraction of sp³-hybridized carbons (Fsp3) is 0.750. The van der Waals surface area contributed by atoms with Gasteiger partial charge in [-0.25, -0.2) is 0 Å². The van der Waals surface area contributed by atoms with Crippen LogP contribution in [0, 0.1) is 0 Å². The molecule has 0 radical (unpaired) electrons. The van der Waals surface area contributed by atoms with Crippen molar-refractivity contribution in [1.82, 2.24) is 5.32 Å². The molecule has 1 fully saturated rings. The Bertz CT molecular complexity index is 106. The summed E-state index contributed by atoms with van der Waals surface area (Å²) in [6.07, 6.45) is 5.68. The maximum absolute atomic E-state index is 5.49. The molecule has 0 saturated carbocycles. The fourth-order valence-electron chi connectivity index (χ4n) is 1.06. The summed E-state index contributed by atoms with van der Waals surface area (Å²) in [7, 11) is 0. The van der Waals surface area contributed by atoms with Crippen LogP contribution in [0.5, 0.6) is 0 Å². The molecule has 1 aliphatic heterocycles. The van der Waals surface area contributed by atoms with Crippen LogP contribution < -0.4 is 5.32 Å². The van der Waals surface area contributed by atoms with Gasteiger partial charge in [0.05, 0.1) is 12.7 Å². The summed E-state index contributed by atoms with van der Waals surface area (Å²) in [5, 5.41) is 3.25. The van der Waals surface area contributed by atoms with Gasteiger partial charge in [-0.05, 0) is 19.9 Å². The highest BCUT2D eigenvalue weighted by molar-refractivity contribution is 4.78. The molecule has 0 aromatic heterocycles. The maximum Gasteiger partial charge on any atom is 0.0715 e. The molecular weight excluding hydrogens is 126 g/mol. The van der Waals surface area contributed by atoms with Gasteiger partial charge >= 0.3 is 0 Å². The molecule has 0 amide bonds. The number of nitrogens with one attached hydrogen (secondary N) is 1. The first kappa shape index (κ1) is 7.76. The molecule has 1 saturated heterocycles. The van der Waals surface area contributed by atoms with E-state index in [1.807, 2.05) is 19.1 Å². The molecule has 1 unspecified atom stereocenters. The molecule has 1 aliphatic rings. The van der Waals surface area contributed by atoms with Crippen LogP contribution in [0.3, 0.4) is 0 Å². The number of ether oxygens (including phenoxy) is 1. The number of hydrogen-bond acceptors (Lipinski definition) is 2. The predicted octanol–water partition coefficient (Wildman–Crippen LogP) is 0.941. The average Bonchev–Trinajstić information content (AvgIpc) is 2.41. The molecule has 0 bridgehead atoms.